The highest BCUT2D eigenvalue weighted by atomic mass is 14.7. The van der Waals surface area contributed by atoms with Gasteiger partial charge in [-0.05, 0) is 50.1 Å². The number of aryl methyl sites for hydroxylation is 2. The molecule has 1 heteroatoms. The lowest BCUT2D eigenvalue weighted by Crippen LogP contribution is -1.91. The Morgan fingerprint density at radius 1 is 1.00 bits per heavy atom. The van der Waals surface area contributed by atoms with Crippen LogP contribution in [0.1, 0.15) is 16.7 Å². The Morgan fingerprint density at radius 3 is 2.47 bits per heavy atom. The van der Waals surface area contributed by atoms with E-state index < -0.39 is 0 Å². The van der Waals surface area contributed by atoms with Crippen LogP contribution in [0.4, 0.5) is 0 Å². The molecule has 0 radical (unpaired) electrons. The van der Waals surface area contributed by atoms with Crippen LogP contribution < -0.4 is 0 Å². The Morgan fingerprint density at radius 2 is 1.80 bits per heavy atom. The first kappa shape index (κ1) is 9.91. The Hall–Kier alpha value is -1.63. The normalized spacial score (nSPS) is 10.3. The third-order valence-electron chi connectivity index (χ3n) is 2.75. The minimum Gasteiger partial charge on any atom is -0.256 e. The predicted octanol–water partition coefficient (Wildman–Crippen LogP) is 3.67. The van der Waals surface area contributed by atoms with Crippen molar-refractivity contribution in [2.24, 2.45) is 0 Å². The van der Waals surface area contributed by atoms with Gasteiger partial charge in [0, 0.05) is 11.8 Å². The van der Waals surface area contributed by atoms with E-state index in [4.69, 9.17) is 0 Å². The third kappa shape index (κ3) is 1.91. The van der Waals surface area contributed by atoms with Gasteiger partial charge in [0.05, 0.1) is 5.69 Å². The standard InChI is InChI=1S/C14H15N/c1-10-8-11(2)12(3)13(9-10)14-6-4-5-7-15-14/h4-9H,1-3H3. The van der Waals surface area contributed by atoms with E-state index >= 15 is 0 Å². The molecule has 0 bridgehead atoms. The zero-order valence-corrected chi connectivity index (χ0v) is 9.41. The minimum absolute atomic E-state index is 1.06. The first-order chi connectivity index (χ1) is 7.18. The molecule has 0 aliphatic carbocycles. The molecule has 1 heterocycles. The van der Waals surface area contributed by atoms with Crippen LogP contribution in [0, 0.1) is 20.8 Å². The fraction of sp³-hybridized carbons (Fsp3) is 0.214. The molecule has 0 atom stereocenters. The summed E-state index contributed by atoms with van der Waals surface area (Å²) in [4.78, 5) is 4.39. The van der Waals surface area contributed by atoms with E-state index in [9.17, 15) is 0 Å². The molecule has 0 saturated carbocycles. The number of hydrogen-bond donors (Lipinski definition) is 0. The first-order valence-corrected chi connectivity index (χ1v) is 5.18. The van der Waals surface area contributed by atoms with Crippen molar-refractivity contribution in [3.05, 3.63) is 53.2 Å². The van der Waals surface area contributed by atoms with E-state index in [2.05, 4.69) is 44.0 Å². The topological polar surface area (TPSA) is 12.9 Å². The Kier molecular flexibility index (Phi) is 2.55. The summed E-state index contributed by atoms with van der Waals surface area (Å²) >= 11 is 0. The number of rotatable bonds is 1. The molecule has 0 aliphatic heterocycles. The highest BCUT2D eigenvalue weighted by Crippen LogP contribution is 2.25. The van der Waals surface area contributed by atoms with Crippen LogP contribution in [0.25, 0.3) is 11.3 Å². The maximum Gasteiger partial charge on any atom is 0.0704 e. The van der Waals surface area contributed by atoms with Crippen LogP contribution in [-0.2, 0) is 0 Å². The molecular formula is C14H15N. The Bertz CT molecular complexity index is 472. The highest BCUT2D eigenvalue weighted by Gasteiger charge is 2.05. The van der Waals surface area contributed by atoms with E-state index in [0.29, 0.717) is 0 Å². The second kappa shape index (κ2) is 3.85. The lowest BCUT2D eigenvalue weighted by Gasteiger charge is -2.09. The van der Waals surface area contributed by atoms with E-state index in [0.717, 1.165) is 5.69 Å². The van der Waals surface area contributed by atoms with Crippen molar-refractivity contribution in [1.29, 1.82) is 0 Å². The van der Waals surface area contributed by atoms with Gasteiger partial charge >= 0.3 is 0 Å². The largest absolute Gasteiger partial charge is 0.256 e. The molecule has 15 heavy (non-hydrogen) atoms. The monoisotopic (exact) mass is 197 g/mol. The van der Waals surface area contributed by atoms with Crippen LogP contribution in [0.2, 0.25) is 0 Å². The van der Waals surface area contributed by atoms with Crippen molar-refractivity contribution in [2.45, 2.75) is 20.8 Å². The summed E-state index contributed by atoms with van der Waals surface area (Å²) in [7, 11) is 0. The molecule has 2 rings (SSSR count). The quantitative estimate of drug-likeness (QED) is 0.679. The molecule has 0 N–H and O–H groups in total. The van der Waals surface area contributed by atoms with Crippen molar-refractivity contribution < 1.29 is 0 Å². The average molecular weight is 197 g/mol. The van der Waals surface area contributed by atoms with E-state index in [1.807, 2.05) is 18.3 Å². The number of benzene rings is 1. The molecule has 0 saturated heterocycles. The van der Waals surface area contributed by atoms with Crippen LogP contribution in [0.15, 0.2) is 36.5 Å². The molecular weight excluding hydrogens is 182 g/mol. The van der Waals surface area contributed by atoms with Gasteiger partial charge in [0.2, 0.25) is 0 Å². The molecule has 2 aromatic rings. The van der Waals surface area contributed by atoms with Gasteiger partial charge in [-0.1, -0.05) is 17.7 Å². The van der Waals surface area contributed by atoms with Crippen LogP contribution >= 0.6 is 0 Å². The zero-order valence-electron chi connectivity index (χ0n) is 9.41. The van der Waals surface area contributed by atoms with Crippen LogP contribution in [-0.4, -0.2) is 4.98 Å². The van der Waals surface area contributed by atoms with Gasteiger partial charge in [-0.25, -0.2) is 0 Å². The molecule has 0 spiro atoms. The fourth-order valence-corrected chi connectivity index (χ4v) is 1.83. The van der Waals surface area contributed by atoms with Crippen molar-refractivity contribution in [3.8, 4) is 11.3 Å². The summed E-state index contributed by atoms with van der Waals surface area (Å²) in [5.74, 6) is 0. The Balaban J connectivity index is 2.63. The molecule has 1 nitrogen and oxygen atoms in total. The van der Waals surface area contributed by atoms with Crippen molar-refractivity contribution in [1.82, 2.24) is 4.98 Å². The van der Waals surface area contributed by atoms with Crippen molar-refractivity contribution >= 4 is 0 Å². The number of hydrogen-bond acceptors (Lipinski definition) is 1. The number of aromatic nitrogens is 1. The SMILES string of the molecule is Cc1cc(C)c(C)c(-c2ccccn2)c1. The van der Waals surface area contributed by atoms with Crippen LogP contribution in [0.5, 0.6) is 0 Å². The van der Waals surface area contributed by atoms with E-state index in [1.54, 1.807) is 0 Å². The van der Waals surface area contributed by atoms with Gasteiger partial charge in [-0.3, -0.25) is 4.98 Å². The first-order valence-electron chi connectivity index (χ1n) is 5.18. The smallest absolute Gasteiger partial charge is 0.0704 e. The van der Waals surface area contributed by atoms with Gasteiger partial charge in [0.15, 0.2) is 0 Å². The maximum atomic E-state index is 4.39. The second-order valence-corrected chi connectivity index (χ2v) is 3.97. The van der Waals surface area contributed by atoms with Crippen molar-refractivity contribution in [3.63, 3.8) is 0 Å². The van der Waals surface area contributed by atoms with Gasteiger partial charge in [0.25, 0.3) is 0 Å². The zero-order chi connectivity index (χ0) is 10.8. The Labute approximate surface area is 90.8 Å². The van der Waals surface area contributed by atoms with Gasteiger partial charge in [-0.2, -0.15) is 0 Å². The lowest BCUT2D eigenvalue weighted by atomic mass is 9.98. The third-order valence-corrected chi connectivity index (χ3v) is 2.75. The molecule has 0 aliphatic rings. The van der Waals surface area contributed by atoms with Crippen LogP contribution in [0.3, 0.4) is 0 Å². The molecule has 1 aromatic heterocycles. The second-order valence-electron chi connectivity index (χ2n) is 3.97. The molecule has 0 fully saturated rings. The molecule has 76 valence electrons. The molecule has 0 unspecified atom stereocenters. The fourth-order valence-electron chi connectivity index (χ4n) is 1.83. The predicted molar refractivity (Wildman–Crippen MR) is 63.9 cm³/mol. The van der Waals surface area contributed by atoms with Crippen molar-refractivity contribution in [2.75, 3.05) is 0 Å². The maximum absolute atomic E-state index is 4.39. The summed E-state index contributed by atoms with van der Waals surface area (Å²) < 4.78 is 0. The van der Waals surface area contributed by atoms with Gasteiger partial charge < -0.3 is 0 Å². The highest BCUT2D eigenvalue weighted by molar-refractivity contribution is 5.65. The number of nitrogens with zero attached hydrogens (tertiary/aromatic N) is 1. The van der Waals surface area contributed by atoms with Gasteiger partial charge in [0.1, 0.15) is 0 Å². The molecule has 1 aromatic carbocycles. The number of pyridine rings is 1. The van der Waals surface area contributed by atoms with E-state index in [1.165, 1.54) is 22.3 Å². The average Bonchev–Trinajstić information content (AvgIpc) is 2.24. The summed E-state index contributed by atoms with van der Waals surface area (Å²) in [5.41, 5.74) is 6.24. The summed E-state index contributed by atoms with van der Waals surface area (Å²) in [5, 5.41) is 0. The molecule has 0 amide bonds. The summed E-state index contributed by atoms with van der Waals surface area (Å²) in [6.45, 7) is 6.42. The minimum atomic E-state index is 1.06. The van der Waals surface area contributed by atoms with Gasteiger partial charge in [-0.15, -0.1) is 0 Å². The van der Waals surface area contributed by atoms with E-state index in [-0.39, 0.29) is 0 Å². The lowest BCUT2D eigenvalue weighted by molar-refractivity contribution is 1.26. The summed E-state index contributed by atoms with van der Waals surface area (Å²) in [6, 6.07) is 10.4. The summed E-state index contributed by atoms with van der Waals surface area (Å²) in [6.07, 6.45) is 1.84.